The number of hydrogen-bond donors (Lipinski definition) is 2. The minimum atomic E-state index is -4.67. The molecule has 0 bridgehead atoms. The molecule has 0 saturated carbocycles. The molecule has 2 N–H and O–H groups in total. The van der Waals surface area contributed by atoms with Crippen LogP contribution in [0.3, 0.4) is 0 Å². The Hall–Kier alpha value is -0.850. The molecule has 0 aromatic rings. The van der Waals surface area contributed by atoms with Gasteiger partial charge in [0.15, 0.2) is 0 Å². The molecule has 0 heterocycles. The highest BCUT2D eigenvalue weighted by Crippen LogP contribution is 1.65. The molecule has 0 atom stereocenters. The minimum absolute atomic E-state index is 1.31. The molecule has 0 aliphatic carbocycles. The first-order valence-corrected chi connectivity index (χ1v) is 3.38. The van der Waals surface area contributed by atoms with Gasteiger partial charge in [0, 0.05) is 0 Å². The fourth-order valence-corrected chi connectivity index (χ4v) is 0.0680. The van der Waals surface area contributed by atoms with E-state index in [2.05, 4.69) is 17.9 Å². The highest BCUT2D eigenvalue weighted by molar-refractivity contribution is 7.79. The maximum absolute atomic E-state index is 8.74. The van der Waals surface area contributed by atoms with Crippen molar-refractivity contribution in [2.75, 3.05) is 0 Å². The van der Waals surface area contributed by atoms with E-state index in [9.17, 15) is 0 Å². The number of ether oxygens (including phenoxy) is 1. The highest BCUT2D eigenvalue weighted by atomic mass is 32.3. The third kappa shape index (κ3) is 204. The van der Waals surface area contributed by atoms with Gasteiger partial charge < -0.3 is 4.74 Å². The van der Waals surface area contributed by atoms with Crippen molar-refractivity contribution in [1.82, 2.24) is 0 Å². The highest BCUT2D eigenvalue weighted by Gasteiger charge is 1.84. The molecule has 0 saturated heterocycles. The van der Waals surface area contributed by atoms with E-state index in [-0.39, 0.29) is 0 Å². The van der Waals surface area contributed by atoms with E-state index in [1.807, 2.05) is 0 Å². The Labute approximate surface area is 59.2 Å². The molecular weight excluding hydrogens is 160 g/mol. The molecule has 60 valence electrons. The number of rotatable bonds is 2. The van der Waals surface area contributed by atoms with Gasteiger partial charge in [-0.05, 0) is 0 Å². The van der Waals surface area contributed by atoms with Gasteiger partial charge >= 0.3 is 10.4 Å². The smallest absolute Gasteiger partial charge is 0.394 e. The molecule has 0 unspecified atom stereocenters. The van der Waals surface area contributed by atoms with Crippen LogP contribution >= 0.6 is 0 Å². The summed E-state index contributed by atoms with van der Waals surface area (Å²) in [5.41, 5.74) is 0. The lowest BCUT2D eigenvalue weighted by atomic mass is 11.1. The van der Waals surface area contributed by atoms with Crippen LogP contribution in [-0.2, 0) is 15.1 Å². The van der Waals surface area contributed by atoms with Crippen molar-refractivity contribution >= 4 is 10.4 Å². The second-order valence-corrected chi connectivity index (χ2v) is 1.81. The summed E-state index contributed by atoms with van der Waals surface area (Å²) in [6.45, 7) is 6.51. The van der Waals surface area contributed by atoms with E-state index in [0.717, 1.165) is 0 Å². The summed E-state index contributed by atoms with van der Waals surface area (Å²) in [6, 6.07) is 0. The van der Waals surface area contributed by atoms with E-state index in [1.54, 1.807) is 0 Å². The first-order chi connectivity index (χ1) is 4.41. The van der Waals surface area contributed by atoms with E-state index < -0.39 is 10.4 Å². The normalized spacial score (nSPS) is 8.60. The first kappa shape index (κ1) is 11.9. The Morgan fingerprint density at radius 3 is 1.40 bits per heavy atom. The summed E-state index contributed by atoms with van der Waals surface area (Å²) in [6.07, 6.45) is 2.62. The minimum Gasteiger partial charge on any atom is -0.474 e. The van der Waals surface area contributed by atoms with Crippen LogP contribution in [0, 0.1) is 0 Å². The van der Waals surface area contributed by atoms with Crippen LogP contribution < -0.4 is 0 Å². The second kappa shape index (κ2) is 6.27. The van der Waals surface area contributed by atoms with Crippen molar-refractivity contribution in [3.05, 3.63) is 25.7 Å². The Bertz CT molecular complexity index is 166. The molecule has 0 aromatic carbocycles. The summed E-state index contributed by atoms with van der Waals surface area (Å²) in [7, 11) is -4.67. The summed E-state index contributed by atoms with van der Waals surface area (Å²) >= 11 is 0. The standard InChI is InChI=1S/C4H6O.H2O4S/c1-3-5-4-2;1-5(2,3)4/h3-4H,1-2H2;(H2,1,2,3,4). The van der Waals surface area contributed by atoms with Gasteiger partial charge in [-0.3, -0.25) is 9.11 Å². The topological polar surface area (TPSA) is 83.8 Å². The van der Waals surface area contributed by atoms with Crippen molar-refractivity contribution in [1.29, 1.82) is 0 Å². The van der Waals surface area contributed by atoms with Gasteiger partial charge in [-0.2, -0.15) is 8.42 Å². The van der Waals surface area contributed by atoms with Crippen LogP contribution in [0.1, 0.15) is 0 Å². The Morgan fingerprint density at radius 2 is 1.40 bits per heavy atom. The molecule has 6 heteroatoms. The zero-order valence-corrected chi connectivity index (χ0v) is 5.91. The Morgan fingerprint density at radius 1 is 1.20 bits per heavy atom. The van der Waals surface area contributed by atoms with Crippen LogP contribution in [0.15, 0.2) is 25.7 Å². The predicted molar refractivity (Wildman–Crippen MR) is 35.7 cm³/mol. The molecule has 0 aliphatic heterocycles. The summed E-state index contributed by atoms with van der Waals surface area (Å²) in [5, 5.41) is 0. The van der Waals surface area contributed by atoms with E-state index in [0.29, 0.717) is 0 Å². The van der Waals surface area contributed by atoms with Crippen molar-refractivity contribution < 1.29 is 22.3 Å². The molecule has 5 nitrogen and oxygen atoms in total. The van der Waals surface area contributed by atoms with Gasteiger partial charge in [0.1, 0.15) is 0 Å². The van der Waals surface area contributed by atoms with Crippen LogP contribution in [0.25, 0.3) is 0 Å². The van der Waals surface area contributed by atoms with Gasteiger partial charge in [-0.15, -0.1) is 0 Å². The zero-order valence-electron chi connectivity index (χ0n) is 5.10. The second-order valence-electron chi connectivity index (χ2n) is 0.917. The third-order valence-corrected chi connectivity index (χ3v) is 0.192. The molecule has 10 heavy (non-hydrogen) atoms. The largest absolute Gasteiger partial charge is 0.474 e. The predicted octanol–water partition coefficient (Wildman–Crippen LogP) is 0.637. The van der Waals surface area contributed by atoms with Crippen molar-refractivity contribution in [2.45, 2.75) is 0 Å². The fourth-order valence-electron chi connectivity index (χ4n) is 0.0680. The fraction of sp³-hybridized carbons (Fsp3) is 0. The molecule has 0 amide bonds. The third-order valence-electron chi connectivity index (χ3n) is 0.192. The summed E-state index contributed by atoms with van der Waals surface area (Å²) in [5.74, 6) is 0. The van der Waals surface area contributed by atoms with E-state index >= 15 is 0 Å². The maximum atomic E-state index is 8.74. The van der Waals surface area contributed by atoms with Gasteiger partial charge in [0.25, 0.3) is 0 Å². The van der Waals surface area contributed by atoms with Crippen LogP contribution in [0.4, 0.5) is 0 Å². The van der Waals surface area contributed by atoms with Crippen LogP contribution in [-0.4, -0.2) is 17.5 Å². The van der Waals surface area contributed by atoms with Crippen LogP contribution in [0.5, 0.6) is 0 Å². The lowest BCUT2D eigenvalue weighted by Crippen LogP contribution is -1.89. The van der Waals surface area contributed by atoms with Gasteiger partial charge in [0.2, 0.25) is 0 Å². The quantitative estimate of drug-likeness (QED) is 0.467. The zero-order chi connectivity index (χ0) is 8.62. The van der Waals surface area contributed by atoms with Crippen molar-refractivity contribution in [3.63, 3.8) is 0 Å². The van der Waals surface area contributed by atoms with E-state index in [1.165, 1.54) is 12.5 Å². The van der Waals surface area contributed by atoms with Crippen LogP contribution in [0.2, 0.25) is 0 Å². The monoisotopic (exact) mass is 168 g/mol. The van der Waals surface area contributed by atoms with Gasteiger partial charge in [0.05, 0.1) is 12.5 Å². The van der Waals surface area contributed by atoms with E-state index in [4.69, 9.17) is 17.5 Å². The van der Waals surface area contributed by atoms with Gasteiger partial charge in [-0.1, -0.05) is 13.2 Å². The summed E-state index contributed by atoms with van der Waals surface area (Å²) in [4.78, 5) is 0. The Balaban J connectivity index is 0. The van der Waals surface area contributed by atoms with Crippen molar-refractivity contribution in [2.24, 2.45) is 0 Å². The molecular formula is C4H8O5S. The maximum Gasteiger partial charge on any atom is 0.394 e. The molecule has 0 aliphatic rings. The number of hydrogen-bond acceptors (Lipinski definition) is 3. The molecule has 0 radical (unpaired) electrons. The molecule has 0 fully saturated rings. The van der Waals surface area contributed by atoms with Crippen molar-refractivity contribution in [3.8, 4) is 0 Å². The lowest BCUT2D eigenvalue weighted by Gasteiger charge is -1.76. The molecule has 0 spiro atoms. The molecule has 0 aromatic heterocycles. The average Bonchev–Trinajstić information content (AvgIpc) is 1.63. The average molecular weight is 168 g/mol. The molecule has 0 rings (SSSR count). The Kier molecular flexibility index (Phi) is 7.46. The first-order valence-electron chi connectivity index (χ1n) is 1.99. The lowest BCUT2D eigenvalue weighted by molar-refractivity contribution is 0.381. The summed E-state index contributed by atoms with van der Waals surface area (Å²) < 4.78 is 35.9. The van der Waals surface area contributed by atoms with Gasteiger partial charge in [-0.25, -0.2) is 0 Å². The SMILES string of the molecule is C=COC=C.O=S(=O)(O)O.